The molecule has 2 aromatic rings. The van der Waals surface area contributed by atoms with Crippen molar-refractivity contribution in [2.24, 2.45) is 11.3 Å². The topological polar surface area (TPSA) is 57.6 Å². The molecule has 1 amide bonds. The van der Waals surface area contributed by atoms with Crippen LogP contribution in [-0.2, 0) is 4.79 Å². The van der Waals surface area contributed by atoms with E-state index in [4.69, 9.17) is 0 Å². The Bertz CT molecular complexity index is 872. The minimum Gasteiger partial charge on any atom is -0.481 e. The summed E-state index contributed by atoms with van der Waals surface area (Å²) in [5, 5.41) is 9.24. The van der Waals surface area contributed by atoms with Crippen LogP contribution in [0.4, 0.5) is 0 Å². The Kier molecular flexibility index (Phi) is 4.72. The number of amides is 1. The third-order valence-electron chi connectivity index (χ3n) is 5.87. The van der Waals surface area contributed by atoms with E-state index < -0.39 is 5.97 Å². The Morgan fingerprint density at radius 3 is 2.44 bits per heavy atom. The number of aliphatic carboxylic acids is 1. The second-order valence-electron chi connectivity index (χ2n) is 7.66. The smallest absolute Gasteiger partial charge is 0.307 e. The second-order valence-corrected chi connectivity index (χ2v) is 8.78. The molecule has 5 heteroatoms. The normalized spacial score (nSPS) is 20.5. The number of rotatable bonds is 4. The Labute approximate surface area is 163 Å². The molecule has 0 radical (unpaired) electrons. The number of nitrogens with zero attached hydrogens (tertiary/aromatic N) is 1. The molecule has 1 atom stereocenters. The lowest BCUT2D eigenvalue weighted by molar-refractivity contribution is -0.139. The predicted octanol–water partition coefficient (Wildman–Crippen LogP) is 4.47. The number of carboxylic acid groups (broad SMARTS) is 1. The number of benzene rings is 2. The molecule has 27 heavy (non-hydrogen) atoms. The standard InChI is InChI=1S/C22H23NO3S/c1-15-7-8-17(19(13-15)27-16-5-3-2-4-6-16)20(24)23-11-9-22(10-12-23)14-18(22)21(25)26/h2-8,13,18H,9-12,14H2,1H3,(H,25,26). The molecule has 1 saturated carbocycles. The largest absolute Gasteiger partial charge is 0.481 e. The van der Waals surface area contributed by atoms with E-state index in [9.17, 15) is 14.7 Å². The van der Waals surface area contributed by atoms with E-state index in [1.54, 1.807) is 11.8 Å². The van der Waals surface area contributed by atoms with Crippen LogP contribution in [0.25, 0.3) is 0 Å². The zero-order valence-corrected chi connectivity index (χ0v) is 16.2. The molecule has 1 aliphatic heterocycles. The maximum absolute atomic E-state index is 13.2. The number of carboxylic acids is 1. The summed E-state index contributed by atoms with van der Waals surface area (Å²) >= 11 is 1.61. The first-order valence-corrected chi connectivity index (χ1v) is 10.2. The van der Waals surface area contributed by atoms with E-state index >= 15 is 0 Å². The maximum atomic E-state index is 13.2. The van der Waals surface area contributed by atoms with Gasteiger partial charge in [-0.2, -0.15) is 0 Å². The number of aryl methyl sites for hydroxylation is 1. The highest BCUT2D eigenvalue weighted by Crippen LogP contribution is 2.59. The molecule has 1 heterocycles. The summed E-state index contributed by atoms with van der Waals surface area (Å²) in [4.78, 5) is 28.4. The first-order chi connectivity index (χ1) is 13.0. The molecule has 1 unspecified atom stereocenters. The zero-order valence-electron chi connectivity index (χ0n) is 15.4. The monoisotopic (exact) mass is 381 g/mol. The van der Waals surface area contributed by atoms with Gasteiger partial charge in [0.15, 0.2) is 0 Å². The van der Waals surface area contributed by atoms with Crippen LogP contribution in [0.3, 0.4) is 0 Å². The lowest BCUT2D eigenvalue weighted by Crippen LogP contribution is -2.40. The van der Waals surface area contributed by atoms with E-state index in [0.717, 1.165) is 40.2 Å². The van der Waals surface area contributed by atoms with Crippen molar-refractivity contribution in [2.45, 2.75) is 36.0 Å². The summed E-state index contributed by atoms with van der Waals surface area (Å²) in [7, 11) is 0. The van der Waals surface area contributed by atoms with Crippen LogP contribution in [-0.4, -0.2) is 35.0 Å². The molecule has 4 rings (SSSR count). The zero-order chi connectivity index (χ0) is 19.0. The minimum absolute atomic E-state index is 0.0517. The van der Waals surface area contributed by atoms with Crippen molar-refractivity contribution < 1.29 is 14.7 Å². The molecule has 1 spiro atoms. The summed E-state index contributed by atoms with van der Waals surface area (Å²) in [6.45, 7) is 3.32. The summed E-state index contributed by atoms with van der Waals surface area (Å²) in [6.07, 6.45) is 2.36. The minimum atomic E-state index is -0.685. The average molecular weight is 381 g/mol. The summed E-state index contributed by atoms with van der Waals surface area (Å²) in [5.41, 5.74) is 1.80. The summed E-state index contributed by atoms with van der Waals surface area (Å²) < 4.78 is 0. The Morgan fingerprint density at radius 1 is 1.11 bits per heavy atom. The van der Waals surface area contributed by atoms with Crippen molar-refractivity contribution in [2.75, 3.05) is 13.1 Å². The van der Waals surface area contributed by atoms with Gasteiger partial charge in [0, 0.05) is 22.9 Å². The Balaban J connectivity index is 1.50. The lowest BCUT2D eigenvalue weighted by Gasteiger charge is -2.33. The van der Waals surface area contributed by atoms with Crippen molar-refractivity contribution in [3.05, 3.63) is 59.7 Å². The van der Waals surface area contributed by atoms with Crippen LogP contribution in [0.2, 0.25) is 0 Å². The highest BCUT2D eigenvalue weighted by Gasteiger charge is 2.59. The van der Waals surface area contributed by atoms with Crippen LogP contribution in [0, 0.1) is 18.3 Å². The van der Waals surface area contributed by atoms with Crippen LogP contribution >= 0.6 is 11.8 Å². The fraction of sp³-hybridized carbons (Fsp3) is 0.364. The Hall–Kier alpha value is -2.27. The highest BCUT2D eigenvalue weighted by molar-refractivity contribution is 7.99. The molecular formula is C22H23NO3S. The van der Waals surface area contributed by atoms with Gasteiger partial charge in [-0.25, -0.2) is 0 Å². The van der Waals surface area contributed by atoms with E-state index in [-0.39, 0.29) is 17.2 Å². The van der Waals surface area contributed by atoms with E-state index in [1.807, 2.05) is 54.3 Å². The third kappa shape index (κ3) is 3.61. The molecule has 2 fully saturated rings. The second kappa shape index (κ2) is 7.04. The fourth-order valence-electron chi connectivity index (χ4n) is 4.08. The van der Waals surface area contributed by atoms with E-state index in [1.165, 1.54) is 0 Å². The van der Waals surface area contributed by atoms with Gasteiger partial charge in [0.05, 0.1) is 11.5 Å². The lowest BCUT2D eigenvalue weighted by atomic mass is 9.90. The van der Waals surface area contributed by atoms with Gasteiger partial charge in [-0.3, -0.25) is 9.59 Å². The van der Waals surface area contributed by atoms with Crippen LogP contribution in [0.1, 0.15) is 35.2 Å². The number of likely N-dealkylation sites (tertiary alicyclic amines) is 1. The van der Waals surface area contributed by atoms with Gasteiger partial charge in [0.25, 0.3) is 5.91 Å². The first kappa shape index (κ1) is 18.1. The molecule has 1 aliphatic carbocycles. The van der Waals surface area contributed by atoms with E-state index in [2.05, 4.69) is 6.07 Å². The molecule has 0 bridgehead atoms. The van der Waals surface area contributed by atoms with Crippen molar-refractivity contribution in [3.63, 3.8) is 0 Å². The molecular weight excluding hydrogens is 358 g/mol. The average Bonchev–Trinajstić information content (AvgIpc) is 3.37. The van der Waals surface area contributed by atoms with Gasteiger partial charge in [-0.1, -0.05) is 36.0 Å². The van der Waals surface area contributed by atoms with Gasteiger partial charge in [-0.15, -0.1) is 0 Å². The third-order valence-corrected chi connectivity index (χ3v) is 6.94. The highest BCUT2D eigenvalue weighted by atomic mass is 32.2. The number of carbonyl (C=O) groups excluding carboxylic acids is 1. The van der Waals surface area contributed by atoms with Crippen molar-refractivity contribution in [3.8, 4) is 0 Å². The number of hydrogen-bond donors (Lipinski definition) is 1. The maximum Gasteiger partial charge on any atom is 0.307 e. The molecule has 2 aliphatic rings. The number of piperidine rings is 1. The van der Waals surface area contributed by atoms with Gasteiger partial charge in [0.2, 0.25) is 0 Å². The van der Waals surface area contributed by atoms with Crippen LogP contribution in [0.15, 0.2) is 58.3 Å². The van der Waals surface area contributed by atoms with Crippen LogP contribution in [0.5, 0.6) is 0 Å². The summed E-state index contributed by atoms with van der Waals surface area (Å²) in [6, 6.07) is 16.0. The van der Waals surface area contributed by atoms with E-state index in [0.29, 0.717) is 13.1 Å². The molecule has 0 aromatic heterocycles. The predicted molar refractivity (Wildman–Crippen MR) is 105 cm³/mol. The molecule has 4 nitrogen and oxygen atoms in total. The fourth-order valence-corrected chi connectivity index (χ4v) is 5.14. The van der Waals surface area contributed by atoms with Gasteiger partial charge < -0.3 is 10.0 Å². The van der Waals surface area contributed by atoms with Crippen molar-refractivity contribution in [1.82, 2.24) is 4.90 Å². The molecule has 140 valence electrons. The van der Waals surface area contributed by atoms with Crippen molar-refractivity contribution >= 4 is 23.6 Å². The van der Waals surface area contributed by atoms with Crippen molar-refractivity contribution in [1.29, 1.82) is 0 Å². The van der Waals surface area contributed by atoms with Gasteiger partial charge >= 0.3 is 5.97 Å². The molecule has 2 aromatic carbocycles. The molecule has 1 N–H and O–H groups in total. The molecule has 1 saturated heterocycles. The quantitative estimate of drug-likeness (QED) is 0.849. The first-order valence-electron chi connectivity index (χ1n) is 9.34. The number of hydrogen-bond acceptors (Lipinski definition) is 3. The number of carbonyl (C=O) groups is 2. The van der Waals surface area contributed by atoms with Crippen LogP contribution < -0.4 is 0 Å². The Morgan fingerprint density at radius 2 is 1.81 bits per heavy atom. The SMILES string of the molecule is Cc1ccc(C(=O)N2CCC3(CC2)CC3C(=O)O)c(Sc2ccccc2)c1. The van der Waals surface area contributed by atoms with Gasteiger partial charge in [0.1, 0.15) is 0 Å². The summed E-state index contributed by atoms with van der Waals surface area (Å²) in [5.74, 6) is -0.844. The van der Waals surface area contributed by atoms with Gasteiger partial charge in [-0.05, 0) is 61.4 Å².